The van der Waals surface area contributed by atoms with Gasteiger partial charge in [0.05, 0.1) is 7.11 Å². The number of benzene rings is 1. The Morgan fingerprint density at radius 3 is 2.67 bits per heavy atom. The van der Waals surface area contributed by atoms with E-state index in [4.69, 9.17) is 0 Å². The van der Waals surface area contributed by atoms with Gasteiger partial charge in [0.25, 0.3) is 0 Å². The molecule has 1 aromatic carbocycles. The number of aliphatic hydroxyl groups is 1. The lowest BCUT2D eigenvalue weighted by molar-refractivity contribution is -0.150. The SMILES string of the molecule is COC(=O)C(O)Cc1ccc(-c2ccccc2)s1. The molecule has 0 saturated carbocycles. The minimum atomic E-state index is -1.09. The third-order valence-electron chi connectivity index (χ3n) is 2.59. The van der Waals surface area contributed by atoms with Crippen LogP contribution < -0.4 is 0 Å². The Hall–Kier alpha value is -1.65. The molecule has 0 saturated heterocycles. The van der Waals surface area contributed by atoms with Gasteiger partial charge in [0.1, 0.15) is 0 Å². The first-order valence-electron chi connectivity index (χ1n) is 5.60. The van der Waals surface area contributed by atoms with Gasteiger partial charge in [0, 0.05) is 16.2 Å². The predicted molar refractivity (Wildman–Crippen MR) is 71.5 cm³/mol. The van der Waals surface area contributed by atoms with Crippen molar-refractivity contribution in [3.05, 3.63) is 47.3 Å². The van der Waals surface area contributed by atoms with Crippen molar-refractivity contribution in [1.82, 2.24) is 0 Å². The summed E-state index contributed by atoms with van der Waals surface area (Å²) in [7, 11) is 1.27. The summed E-state index contributed by atoms with van der Waals surface area (Å²) in [6.07, 6.45) is -0.790. The van der Waals surface area contributed by atoms with Gasteiger partial charge >= 0.3 is 5.97 Å². The molecule has 94 valence electrons. The topological polar surface area (TPSA) is 46.5 Å². The van der Waals surface area contributed by atoms with Crippen LogP contribution in [-0.4, -0.2) is 24.3 Å². The molecule has 0 spiro atoms. The monoisotopic (exact) mass is 262 g/mol. The fraction of sp³-hybridized carbons (Fsp3) is 0.214. The molecule has 0 bridgehead atoms. The van der Waals surface area contributed by atoms with Gasteiger partial charge in [-0.2, -0.15) is 0 Å². The maximum absolute atomic E-state index is 11.1. The number of methoxy groups -OCH3 is 1. The molecule has 1 unspecified atom stereocenters. The van der Waals surface area contributed by atoms with Crippen LogP contribution in [0.15, 0.2) is 42.5 Å². The summed E-state index contributed by atoms with van der Waals surface area (Å²) in [6, 6.07) is 13.9. The molecule has 0 fully saturated rings. The van der Waals surface area contributed by atoms with Crippen LogP contribution in [0.5, 0.6) is 0 Å². The molecule has 0 radical (unpaired) electrons. The van der Waals surface area contributed by atoms with E-state index in [1.807, 2.05) is 42.5 Å². The average Bonchev–Trinajstić information content (AvgIpc) is 2.87. The smallest absolute Gasteiger partial charge is 0.335 e. The maximum atomic E-state index is 11.1. The van der Waals surface area contributed by atoms with Crippen LogP contribution in [-0.2, 0) is 16.0 Å². The van der Waals surface area contributed by atoms with Crippen LogP contribution in [0, 0.1) is 0 Å². The molecule has 1 heterocycles. The third kappa shape index (κ3) is 2.97. The lowest BCUT2D eigenvalue weighted by atomic mass is 10.2. The Morgan fingerprint density at radius 2 is 2.00 bits per heavy atom. The normalized spacial score (nSPS) is 12.1. The van der Waals surface area contributed by atoms with Crippen LogP contribution in [0.4, 0.5) is 0 Å². The van der Waals surface area contributed by atoms with Gasteiger partial charge < -0.3 is 9.84 Å². The summed E-state index contributed by atoms with van der Waals surface area (Å²) in [4.78, 5) is 13.2. The highest BCUT2D eigenvalue weighted by Crippen LogP contribution is 2.28. The summed E-state index contributed by atoms with van der Waals surface area (Å²) >= 11 is 1.57. The van der Waals surface area contributed by atoms with E-state index in [-0.39, 0.29) is 0 Å². The van der Waals surface area contributed by atoms with E-state index >= 15 is 0 Å². The molecule has 2 rings (SSSR count). The number of carbonyl (C=O) groups excluding carboxylic acids is 1. The molecule has 2 aromatic rings. The van der Waals surface area contributed by atoms with Crippen molar-refractivity contribution in [2.45, 2.75) is 12.5 Å². The average molecular weight is 262 g/mol. The molecule has 3 nitrogen and oxygen atoms in total. The number of ether oxygens (including phenoxy) is 1. The highest BCUT2D eigenvalue weighted by atomic mass is 32.1. The predicted octanol–water partition coefficient (Wildman–Crippen LogP) is 2.49. The van der Waals surface area contributed by atoms with Crippen LogP contribution in [0.3, 0.4) is 0 Å². The van der Waals surface area contributed by atoms with Crippen molar-refractivity contribution in [3.8, 4) is 10.4 Å². The van der Waals surface area contributed by atoms with Gasteiger partial charge in [0.15, 0.2) is 6.10 Å². The van der Waals surface area contributed by atoms with Crippen molar-refractivity contribution in [2.24, 2.45) is 0 Å². The van der Waals surface area contributed by atoms with Crippen LogP contribution in [0.2, 0.25) is 0 Å². The van der Waals surface area contributed by atoms with E-state index in [0.717, 1.165) is 15.3 Å². The molecule has 1 aromatic heterocycles. The summed E-state index contributed by atoms with van der Waals surface area (Å²) in [5.41, 5.74) is 1.14. The number of carbonyl (C=O) groups is 1. The van der Waals surface area contributed by atoms with E-state index in [0.29, 0.717) is 6.42 Å². The minimum Gasteiger partial charge on any atom is -0.467 e. The quantitative estimate of drug-likeness (QED) is 0.861. The standard InChI is InChI=1S/C14H14O3S/c1-17-14(16)12(15)9-11-7-8-13(18-11)10-5-3-2-4-6-10/h2-8,12,15H,9H2,1H3. The van der Waals surface area contributed by atoms with Crippen molar-refractivity contribution >= 4 is 17.3 Å². The van der Waals surface area contributed by atoms with E-state index in [1.54, 1.807) is 11.3 Å². The van der Waals surface area contributed by atoms with E-state index in [2.05, 4.69) is 4.74 Å². The Balaban J connectivity index is 2.09. The van der Waals surface area contributed by atoms with E-state index in [9.17, 15) is 9.90 Å². The fourth-order valence-corrected chi connectivity index (χ4v) is 2.70. The Labute approximate surface area is 110 Å². The first kappa shape index (κ1) is 12.8. The second-order valence-corrected chi connectivity index (χ2v) is 5.04. The van der Waals surface area contributed by atoms with Crippen LogP contribution in [0.25, 0.3) is 10.4 Å². The molecule has 0 amide bonds. The zero-order chi connectivity index (χ0) is 13.0. The zero-order valence-corrected chi connectivity index (χ0v) is 10.8. The van der Waals surface area contributed by atoms with Crippen molar-refractivity contribution in [2.75, 3.05) is 7.11 Å². The van der Waals surface area contributed by atoms with Gasteiger partial charge in [-0.15, -0.1) is 11.3 Å². The lowest BCUT2D eigenvalue weighted by Crippen LogP contribution is -2.23. The molecular formula is C14H14O3S. The Morgan fingerprint density at radius 1 is 1.28 bits per heavy atom. The van der Waals surface area contributed by atoms with E-state index < -0.39 is 12.1 Å². The molecule has 1 N–H and O–H groups in total. The first-order chi connectivity index (χ1) is 8.70. The van der Waals surface area contributed by atoms with Crippen LogP contribution >= 0.6 is 11.3 Å². The third-order valence-corrected chi connectivity index (χ3v) is 3.74. The number of hydrogen-bond donors (Lipinski definition) is 1. The summed E-state index contributed by atoms with van der Waals surface area (Å²) in [5, 5.41) is 9.58. The Bertz CT molecular complexity index is 519. The summed E-state index contributed by atoms with van der Waals surface area (Å²) < 4.78 is 4.49. The number of thiophene rings is 1. The maximum Gasteiger partial charge on any atom is 0.335 e. The van der Waals surface area contributed by atoms with Crippen LogP contribution in [0.1, 0.15) is 4.88 Å². The molecule has 0 aliphatic carbocycles. The molecule has 0 aliphatic rings. The largest absolute Gasteiger partial charge is 0.467 e. The van der Waals surface area contributed by atoms with Gasteiger partial charge in [-0.05, 0) is 17.7 Å². The first-order valence-corrected chi connectivity index (χ1v) is 6.42. The van der Waals surface area contributed by atoms with Gasteiger partial charge in [0.2, 0.25) is 0 Å². The molecule has 0 aliphatic heterocycles. The highest BCUT2D eigenvalue weighted by molar-refractivity contribution is 7.15. The number of hydrogen-bond acceptors (Lipinski definition) is 4. The van der Waals surface area contributed by atoms with Gasteiger partial charge in [-0.25, -0.2) is 4.79 Å². The number of esters is 1. The minimum absolute atomic E-state index is 0.296. The van der Waals surface area contributed by atoms with Crippen molar-refractivity contribution in [3.63, 3.8) is 0 Å². The molecule has 1 atom stereocenters. The fourth-order valence-electron chi connectivity index (χ4n) is 1.66. The Kier molecular flexibility index (Phi) is 4.12. The summed E-state index contributed by atoms with van der Waals surface area (Å²) in [5.74, 6) is -0.593. The zero-order valence-electron chi connectivity index (χ0n) is 10.00. The van der Waals surface area contributed by atoms with Crippen molar-refractivity contribution < 1.29 is 14.6 Å². The highest BCUT2D eigenvalue weighted by Gasteiger charge is 2.17. The molecule has 4 heteroatoms. The van der Waals surface area contributed by atoms with E-state index in [1.165, 1.54) is 7.11 Å². The van der Waals surface area contributed by atoms with Gasteiger partial charge in [-0.1, -0.05) is 30.3 Å². The number of aliphatic hydroxyl groups excluding tert-OH is 1. The molecule has 18 heavy (non-hydrogen) atoms. The second kappa shape index (κ2) is 5.80. The summed E-state index contributed by atoms with van der Waals surface area (Å²) in [6.45, 7) is 0. The number of rotatable bonds is 4. The molecular weight excluding hydrogens is 248 g/mol. The lowest BCUT2D eigenvalue weighted by Gasteiger charge is -2.05. The van der Waals surface area contributed by atoms with Gasteiger partial charge in [-0.3, -0.25) is 0 Å². The van der Waals surface area contributed by atoms with Crippen molar-refractivity contribution in [1.29, 1.82) is 0 Å². The second-order valence-electron chi connectivity index (χ2n) is 3.88.